The van der Waals surface area contributed by atoms with E-state index in [4.69, 9.17) is 4.42 Å². The molecule has 25 heavy (non-hydrogen) atoms. The first-order valence-electron chi connectivity index (χ1n) is 7.69. The van der Waals surface area contributed by atoms with Crippen LogP contribution in [-0.2, 0) is 11.2 Å². The summed E-state index contributed by atoms with van der Waals surface area (Å²) in [7, 11) is 3.48. The first kappa shape index (κ1) is 17.6. The summed E-state index contributed by atoms with van der Waals surface area (Å²) >= 11 is 2.85. The Hall–Kier alpha value is -2.19. The van der Waals surface area contributed by atoms with Gasteiger partial charge in [-0.25, -0.2) is 4.98 Å². The predicted octanol–water partition coefficient (Wildman–Crippen LogP) is 3.35. The van der Waals surface area contributed by atoms with Gasteiger partial charge >= 0.3 is 0 Å². The topological polar surface area (TPSA) is 72.1 Å². The summed E-state index contributed by atoms with van der Waals surface area (Å²) in [5.41, 5.74) is 1.81. The van der Waals surface area contributed by atoms with Crippen molar-refractivity contribution in [2.24, 2.45) is 0 Å². The number of thioether (sulfide) groups is 1. The van der Waals surface area contributed by atoms with Crippen LogP contribution in [0.15, 0.2) is 45.4 Å². The molecule has 2 heterocycles. The van der Waals surface area contributed by atoms with Crippen LogP contribution in [-0.4, -0.2) is 40.1 Å². The van der Waals surface area contributed by atoms with Crippen molar-refractivity contribution in [3.05, 3.63) is 57.9 Å². The Morgan fingerprint density at radius 1 is 1.28 bits per heavy atom. The Morgan fingerprint density at radius 3 is 2.68 bits per heavy atom. The number of hydrogen-bond donors (Lipinski definition) is 0. The molecule has 1 aromatic carbocycles. The van der Waals surface area contributed by atoms with E-state index in [2.05, 4.69) is 15.2 Å². The van der Waals surface area contributed by atoms with Crippen LogP contribution in [0.5, 0.6) is 0 Å². The number of nitrogens with zero attached hydrogens (tertiary/aromatic N) is 4. The van der Waals surface area contributed by atoms with Gasteiger partial charge in [0, 0.05) is 19.5 Å². The van der Waals surface area contributed by atoms with Gasteiger partial charge in [-0.15, -0.1) is 21.5 Å². The van der Waals surface area contributed by atoms with Crippen LogP contribution >= 0.6 is 23.1 Å². The molecule has 6 nitrogen and oxygen atoms in total. The largest absolute Gasteiger partial charge is 0.416 e. The summed E-state index contributed by atoms with van der Waals surface area (Å²) in [5, 5.41) is 11.1. The van der Waals surface area contributed by atoms with Crippen LogP contribution in [0.2, 0.25) is 0 Å². The smallest absolute Gasteiger partial charge is 0.277 e. The summed E-state index contributed by atoms with van der Waals surface area (Å²) < 4.78 is 5.71. The highest BCUT2D eigenvalue weighted by molar-refractivity contribution is 8.00. The van der Waals surface area contributed by atoms with Crippen molar-refractivity contribution in [2.75, 3.05) is 14.1 Å². The molecule has 8 heteroatoms. The maximum atomic E-state index is 12.6. The van der Waals surface area contributed by atoms with E-state index in [1.165, 1.54) is 11.8 Å². The number of rotatable bonds is 6. The molecule has 0 fully saturated rings. The first-order chi connectivity index (χ1) is 12.0. The Morgan fingerprint density at radius 2 is 2.04 bits per heavy atom. The molecule has 2 aromatic heterocycles. The number of benzene rings is 1. The van der Waals surface area contributed by atoms with Gasteiger partial charge in [0.05, 0.1) is 17.1 Å². The fourth-order valence-electron chi connectivity index (χ4n) is 2.23. The van der Waals surface area contributed by atoms with Crippen molar-refractivity contribution >= 4 is 29.0 Å². The number of carbonyl (C=O) groups is 1. The van der Waals surface area contributed by atoms with Gasteiger partial charge < -0.3 is 9.32 Å². The van der Waals surface area contributed by atoms with Crippen LogP contribution in [0.3, 0.4) is 0 Å². The number of thiazole rings is 1. The zero-order valence-corrected chi connectivity index (χ0v) is 15.8. The van der Waals surface area contributed by atoms with Crippen LogP contribution in [0.25, 0.3) is 0 Å². The molecular formula is C17H18N4O2S2. The molecule has 3 aromatic rings. The number of likely N-dealkylation sites (N-methyl/N-ethyl adjacent to an activating group) is 1. The van der Waals surface area contributed by atoms with Gasteiger partial charge in [-0.1, -0.05) is 30.3 Å². The third-order valence-electron chi connectivity index (χ3n) is 3.43. The molecule has 0 spiro atoms. The van der Waals surface area contributed by atoms with E-state index in [1.807, 2.05) is 42.6 Å². The third kappa shape index (κ3) is 4.46. The second-order valence-electron chi connectivity index (χ2n) is 5.64. The van der Waals surface area contributed by atoms with E-state index >= 15 is 0 Å². The van der Waals surface area contributed by atoms with E-state index < -0.39 is 5.25 Å². The van der Waals surface area contributed by atoms with Gasteiger partial charge in [0.2, 0.25) is 11.8 Å². The zero-order valence-electron chi connectivity index (χ0n) is 14.2. The Labute approximate surface area is 154 Å². The predicted molar refractivity (Wildman–Crippen MR) is 97.7 cm³/mol. The lowest BCUT2D eigenvalue weighted by atomic mass is 10.1. The van der Waals surface area contributed by atoms with Gasteiger partial charge in [0.25, 0.3) is 5.22 Å². The SMILES string of the molecule is Cc1nc(Cc2nnc(SC(C(=O)N(C)C)c3ccccc3)o2)cs1. The highest BCUT2D eigenvalue weighted by atomic mass is 32.2. The quantitative estimate of drug-likeness (QED) is 0.616. The van der Waals surface area contributed by atoms with Crippen molar-refractivity contribution in [3.8, 4) is 0 Å². The lowest BCUT2D eigenvalue weighted by Crippen LogP contribution is -2.26. The van der Waals surface area contributed by atoms with Crippen LogP contribution in [0, 0.1) is 6.92 Å². The molecule has 0 saturated heterocycles. The highest BCUT2D eigenvalue weighted by Gasteiger charge is 2.26. The molecule has 0 N–H and O–H groups in total. The number of aryl methyl sites for hydroxylation is 1. The molecule has 130 valence electrons. The number of carbonyl (C=O) groups excluding carboxylic acids is 1. The molecule has 0 aliphatic heterocycles. The maximum Gasteiger partial charge on any atom is 0.277 e. The van der Waals surface area contributed by atoms with Crippen molar-refractivity contribution in [3.63, 3.8) is 0 Å². The molecule has 0 aliphatic rings. The molecule has 3 rings (SSSR count). The standard InChI is InChI=1S/C17H18N4O2S2/c1-11-18-13(10-24-11)9-14-19-20-17(23-14)25-15(16(22)21(2)3)12-7-5-4-6-8-12/h4-8,10,15H,9H2,1-3H3. The summed E-state index contributed by atoms with van der Waals surface area (Å²) in [5.74, 6) is 0.475. The number of amides is 1. The lowest BCUT2D eigenvalue weighted by Gasteiger charge is -2.18. The molecule has 0 radical (unpaired) electrons. The van der Waals surface area contributed by atoms with Crippen molar-refractivity contribution in [1.29, 1.82) is 0 Å². The molecule has 0 saturated carbocycles. The van der Waals surface area contributed by atoms with Gasteiger partial charge in [-0.05, 0) is 24.2 Å². The van der Waals surface area contributed by atoms with E-state index in [1.54, 1.807) is 30.3 Å². The normalized spacial score (nSPS) is 12.1. The van der Waals surface area contributed by atoms with Crippen LogP contribution in [0.4, 0.5) is 0 Å². The number of aromatic nitrogens is 3. The maximum absolute atomic E-state index is 12.6. The minimum absolute atomic E-state index is 0.0222. The summed E-state index contributed by atoms with van der Waals surface area (Å²) in [6.45, 7) is 1.96. The van der Waals surface area contributed by atoms with Gasteiger partial charge in [-0.2, -0.15) is 0 Å². The molecule has 0 bridgehead atoms. The minimum atomic E-state index is -0.425. The monoisotopic (exact) mass is 374 g/mol. The average molecular weight is 374 g/mol. The second kappa shape index (κ2) is 7.79. The molecule has 1 unspecified atom stereocenters. The van der Waals surface area contributed by atoms with Crippen LogP contribution < -0.4 is 0 Å². The van der Waals surface area contributed by atoms with Gasteiger partial charge in [0.15, 0.2) is 0 Å². The van der Waals surface area contributed by atoms with Crippen molar-refractivity contribution in [2.45, 2.75) is 23.8 Å². The van der Waals surface area contributed by atoms with Crippen molar-refractivity contribution in [1.82, 2.24) is 20.1 Å². The van der Waals surface area contributed by atoms with Crippen LogP contribution in [0.1, 0.15) is 27.4 Å². The lowest BCUT2D eigenvalue weighted by molar-refractivity contribution is -0.128. The fraction of sp³-hybridized carbons (Fsp3) is 0.294. The Kier molecular flexibility index (Phi) is 5.50. The Bertz CT molecular complexity index is 845. The second-order valence-corrected chi connectivity index (χ2v) is 7.76. The highest BCUT2D eigenvalue weighted by Crippen LogP contribution is 2.35. The third-order valence-corrected chi connectivity index (χ3v) is 5.33. The van der Waals surface area contributed by atoms with E-state index in [-0.39, 0.29) is 5.91 Å². The van der Waals surface area contributed by atoms with E-state index in [9.17, 15) is 4.79 Å². The van der Waals surface area contributed by atoms with E-state index in [0.717, 1.165) is 16.3 Å². The molecule has 1 amide bonds. The molecular weight excluding hydrogens is 356 g/mol. The van der Waals surface area contributed by atoms with Gasteiger partial charge in [0.1, 0.15) is 5.25 Å². The summed E-state index contributed by atoms with van der Waals surface area (Å²) in [6, 6.07) is 9.60. The van der Waals surface area contributed by atoms with Gasteiger partial charge in [-0.3, -0.25) is 4.79 Å². The molecule has 0 aliphatic carbocycles. The summed E-state index contributed by atoms with van der Waals surface area (Å²) in [6.07, 6.45) is 0.496. The zero-order chi connectivity index (χ0) is 17.8. The molecule has 1 atom stereocenters. The average Bonchev–Trinajstić information content (AvgIpc) is 3.22. The minimum Gasteiger partial charge on any atom is -0.416 e. The fourth-order valence-corrected chi connectivity index (χ4v) is 3.88. The van der Waals surface area contributed by atoms with E-state index in [0.29, 0.717) is 17.5 Å². The first-order valence-corrected chi connectivity index (χ1v) is 9.45. The Balaban J connectivity index is 1.77. The van der Waals surface area contributed by atoms with Crippen molar-refractivity contribution < 1.29 is 9.21 Å². The number of hydrogen-bond acceptors (Lipinski definition) is 7. The summed E-state index contributed by atoms with van der Waals surface area (Å²) in [4.78, 5) is 18.5.